The second kappa shape index (κ2) is 7.02. The summed E-state index contributed by atoms with van der Waals surface area (Å²) in [4.78, 5) is 0. The molecule has 0 aliphatic carbocycles. The van der Waals surface area contributed by atoms with E-state index >= 15 is 0 Å². The van der Waals surface area contributed by atoms with Gasteiger partial charge in [0, 0.05) is 22.7 Å². The zero-order chi connectivity index (χ0) is 12.8. The van der Waals surface area contributed by atoms with Crippen LogP contribution in [0.2, 0.25) is 0 Å². The molecule has 0 bridgehead atoms. The fourth-order valence-electron chi connectivity index (χ4n) is 1.96. The van der Waals surface area contributed by atoms with Crippen molar-refractivity contribution < 1.29 is 0 Å². The third kappa shape index (κ3) is 4.32. The fourth-order valence-corrected chi connectivity index (χ4v) is 2.19. The first-order chi connectivity index (χ1) is 8.08. The lowest BCUT2D eigenvalue weighted by molar-refractivity contribution is 0.614. The average molecular weight is 299 g/mol. The van der Waals surface area contributed by atoms with Crippen LogP contribution in [0.3, 0.4) is 0 Å². The number of hydrogen-bond acceptors (Lipinski definition) is 2. The Kier molecular flexibility index (Phi) is 6.00. The molecule has 2 nitrogen and oxygen atoms in total. The highest BCUT2D eigenvalue weighted by Crippen LogP contribution is 2.25. The zero-order valence-corrected chi connectivity index (χ0v) is 12.6. The maximum absolute atomic E-state index is 5.80. The minimum atomic E-state index is 0.384. The molecule has 0 fully saturated rings. The Hall–Kier alpha value is -0.540. The van der Waals surface area contributed by atoms with Crippen LogP contribution in [-0.4, -0.2) is 12.6 Å². The van der Waals surface area contributed by atoms with E-state index in [1.807, 2.05) is 0 Å². The van der Waals surface area contributed by atoms with Crippen LogP contribution in [0.5, 0.6) is 0 Å². The third-order valence-electron chi connectivity index (χ3n) is 3.00. The molecule has 1 atom stereocenters. The van der Waals surface area contributed by atoms with Crippen molar-refractivity contribution in [2.75, 3.05) is 11.9 Å². The summed E-state index contributed by atoms with van der Waals surface area (Å²) in [5.74, 6) is 0. The van der Waals surface area contributed by atoms with E-state index in [0.717, 1.165) is 6.42 Å². The number of unbranched alkanes of at least 4 members (excludes halogenated alkanes) is 1. The van der Waals surface area contributed by atoms with Crippen molar-refractivity contribution in [2.24, 2.45) is 5.73 Å². The normalized spacial score (nSPS) is 12.5. The summed E-state index contributed by atoms with van der Waals surface area (Å²) >= 11 is 3.59. The van der Waals surface area contributed by atoms with E-state index in [0.29, 0.717) is 12.6 Å². The average Bonchev–Trinajstić information content (AvgIpc) is 2.31. The lowest BCUT2D eigenvalue weighted by Crippen LogP contribution is -2.28. The number of aryl methyl sites for hydroxylation is 2. The summed E-state index contributed by atoms with van der Waals surface area (Å²) in [7, 11) is 0. The molecular weight excluding hydrogens is 276 g/mol. The van der Waals surface area contributed by atoms with Gasteiger partial charge >= 0.3 is 0 Å². The Morgan fingerprint density at radius 2 is 1.88 bits per heavy atom. The number of benzene rings is 1. The molecule has 0 aliphatic rings. The van der Waals surface area contributed by atoms with Crippen LogP contribution >= 0.6 is 15.9 Å². The van der Waals surface area contributed by atoms with Gasteiger partial charge in [0.05, 0.1) is 0 Å². The first-order valence-electron chi connectivity index (χ1n) is 6.31. The molecule has 1 aromatic carbocycles. The van der Waals surface area contributed by atoms with E-state index in [9.17, 15) is 0 Å². The van der Waals surface area contributed by atoms with Gasteiger partial charge < -0.3 is 11.1 Å². The lowest BCUT2D eigenvalue weighted by atomic mass is 10.1. The molecule has 0 saturated carbocycles. The van der Waals surface area contributed by atoms with Gasteiger partial charge in [-0.3, -0.25) is 0 Å². The molecule has 1 rings (SSSR count). The van der Waals surface area contributed by atoms with E-state index < -0.39 is 0 Å². The third-order valence-corrected chi connectivity index (χ3v) is 4.25. The quantitative estimate of drug-likeness (QED) is 0.833. The summed E-state index contributed by atoms with van der Waals surface area (Å²) in [6, 6.07) is 4.73. The van der Waals surface area contributed by atoms with Gasteiger partial charge in [-0.15, -0.1) is 0 Å². The molecule has 0 aliphatic heterocycles. The second-order valence-corrected chi connectivity index (χ2v) is 5.44. The van der Waals surface area contributed by atoms with Crippen molar-refractivity contribution in [1.29, 1.82) is 0 Å². The van der Waals surface area contributed by atoms with Gasteiger partial charge in [-0.1, -0.05) is 35.7 Å². The van der Waals surface area contributed by atoms with Gasteiger partial charge in [0.1, 0.15) is 0 Å². The minimum Gasteiger partial charge on any atom is -0.381 e. The maximum Gasteiger partial charge on any atom is 0.0383 e. The molecule has 1 unspecified atom stereocenters. The molecule has 0 heterocycles. The van der Waals surface area contributed by atoms with E-state index in [2.05, 4.69) is 54.2 Å². The minimum absolute atomic E-state index is 0.384. The topological polar surface area (TPSA) is 38.0 Å². The standard InChI is InChI=1S/C14H23BrN2/c1-4-5-6-12(9-16)17-13-7-10(2)14(15)11(3)8-13/h7-8,12,17H,4-6,9,16H2,1-3H3. The highest BCUT2D eigenvalue weighted by molar-refractivity contribution is 9.10. The number of halogens is 1. The van der Waals surface area contributed by atoms with Crippen molar-refractivity contribution in [3.63, 3.8) is 0 Å². The molecule has 0 radical (unpaired) electrons. The van der Waals surface area contributed by atoms with Crippen LogP contribution in [0.4, 0.5) is 5.69 Å². The van der Waals surface area contributed by atoms with Crippen molar-refractivity contribution in [3.8, 4) is 0 Å². The van der Waals surface area contributed by atoms with Gasteiger partial charge in [-0.05, 0) is 43.5 Å². The summed E-state index contributed by atoms with van der Waals surface area (Å²) in [5, 5.41) is 3.53. The first-order valence-corrected chi connectivity index (χ1v) is 7.11. The maximum atomic E-state index is 5.80. The highest BCUT2D eigenvalue weighted by atomic mass is 79.9. The van der Waals surface area contributed by atoms with E-state index in [1.165, 1.54) is 34.1 Å². The predicted molar refractivity (Wildman–Crippen MR) is 79.6 cm³/mol. The molecule has 3 heteroatoms. The van der Waals surface area contributed by atoms with Crippen molar-refractivity contribution in [3.05, 3.63) is 27.7 Å². The van der Waals surface area contributed by atoms with Crippen LogP contribution in [0.15, 0.2) is 16.6 Å². The van der Waals surface area contributed by atoms with Crippen molar-refractivity contribution in [1.82, 2.24) is 0 Å². The molecule has 96 valence electrons. The summed E-state index contributed by atoms with van der Waals surface area (Å²) in [6.45, 7) is 7.13. The molecule has 0 saturated heterocycles. The fraction of sp³-hybridized carbons (Fsp3) is 0.571. The number of nitrogens with one attached hydrogen (secondary N) is 1. The number of anilines is 1. The SMILES string of the molecule is CCCCC(CN)Nc1cc(C)c(Br)c(C)c1. The smallest absolute Gasteiger partial charge is 0.0383 e. The monoisotopic (exact) mass is 298 g/mol. The second-order valence-electron chi connectivity index (χ2n) is 4.64. The van der Waals surface area contributed by atoms with E-state index in [4.69, 9.17) is 5.73 Å². The summed E-state index contributed by atoms with van der Waals surface area (Å²) < 4.78 is 1.20. The van der Waals surface area contributed by atoms with Gasteiger partial charge in [0.2, 0.25) is 0 Å². The van der Waals surface area contributed by atoms with Crippen LogP contribution in [-0.2, 0) is 0 Å². The Balaban J connectivity index is 2.72. The zero-order valence-electron chi connectivity index (χ0n) is 11.0. The van der Waals surface area contributed by atoms with Crippen LogP contribution < -0.4 is 11.1 Å². The van der Waals surface area contributed by atoms with Gasteiger partial charge in [-0.25, -0.2) is 0 Å². The Labute approximate surface area is 113 Å². The van der Waals surface area contributed by atoms with Gasteiger partial charge in [0.15, 0.2) is 0 Å². The lowest BCUT2D eigenvalue weighted by Gasteiger charge is -2.19. The van der Waals surface area contributed by atoms with Crippen molar-refractivity contribution >= 4 is 21.6 Å². The summed E-state index contributed by atoms with van der Waals surface area (Å²) in [5.41, 5.74) is 9.50. The number of hydrogen-bond donors (Lipinski definition) is 2. The molecule has 17 heavy (non-hydrogen) atoms. The summed E-state index contributed by atoms with van der Waals surface area (Å²) in [6.07, 6.45) is 3.58. The highest BCUT2D eigenvalue weighted by Gasteiger charge is 2.08. The molecule has 1 aromatic rings. The molecule has 0 aromatic heterocycles. The molecule has 0 amide bonds. The Morgan fingerprint density at radius 3 is 2.35 bits per heavy atom. The van der Waals surface area contributed by atoms with Crippen molar-refractivity contribution in [2.45, 2.75) is 46.1 Å². The predicted octanol–water partition coefficient (Wildman–Crippen LogP) is 4.00. The number of nitrogens with two attached hydrogens (primary N) is 1. The Morgan fingerprint density at radius 1 is 1.29 bits per heavy atom. The van der Waals surface area contributed by atoms with Crippen LogP contribution in [0.1, 0.15) is 37.3 Å². The van der Waals surface area contributed by atoms with Gasteiger partial charge in [-0.2, -0.15) is 0 Å². The van der Waals surface area contributed by atoms with E-state index in [-0.39, 0.29) is 0 Å². The van der Waals surface area contributed by atoms with Crippen LogP contribution in [0.25, 0.3) is 0 Å². The van der Waals surface area contributed by atoms with Gasteiger partial charge in [0.25, 0.3) is 0 Å². The Bertz CT molecular complexity index is 340. The molecule has 3 N–H and O–H groups in total. The largest absolute Gasteiger partial charge is 0.381 e. The molecular formula is C14H23BrN2. The first kappa shape index (κ1) is 14.5. The van der Waals surface area contributed by atoms with E-state index in [1.54, 1.807) is 0 Å². The number of rotatable bonds is 6. The van der Waals surface area contributed by atoms with Crippen LogP contribution in [0, 0.1) is 13.8 Å². The molecule has 0 spiro atoms.